The van der Waals surface area contributed by atoms with E-state index in [1.807, 2.05) is 36.4 Å². The largest absolute Gasteiger partial charge is 0.309 e. The van der Waals surface area contributed by atoms with Crippen LogP contribution in [0.4, 0.5) is 0 Å². The second kappa shape index (κ2) is 14.5. The molecule has 13 rings (SSSR count). The minimum atomic E-state index is -0.482. The average Bonchev–Trinajstić information content (AvgIpc) is 4.03. The highest BCUT2D eigenvalue weighted by Crippen LogP contribution is 2.54. The summed E-state index contributed by atoms with van der Waals surface area (Å²) in [5.74, 6) is 0.630. The number of hydrogen-bond acceptors (Lipinski definition) is 4. The van der Waals surface area contributed by atoms with E-state index >= 15 is 0 Å². The zero-order valence-electron chi connectivity index (χ0n) is 40.4. The minimum absolute atomic E-state index is 0.00682. The van der Waals surface area contributed by atoms with Crippen LogP contribution in [0.5, 0.6) is 0 Å². The zero-order chi connectivity index (χ0) is 47.6. The molecule has 4 nitrogen and oxygen atoms in total. The number of hydrogen-bond donors (Lipinski definition) is 0. The molecule has 0 aliphatic heterocycles. The van der Waals surface area contributed by atoms with Gasteiger partial charge in [0.05, 0.1) is 17.9 Å². The summed E-state index contributed by atoms with van der Waals surface area (Å²) < 4.78 is 48.1. The van der Waals surface area contributed by atoms with E-state index in [4.69, 9.17) is 21.8 Å². The lowest BCUT2D eigenvalue weighted by molar-refractivity contribution is 0.661. The molecule has 0 atom stereocenters. The number of nitrogens with zero attached hydrogens (tertiary/aromatic N) is 4. The third kappa shape index (κ3) is 5.86. The lowest BCUT2D eigenvalue weighted by Crippen LogP contribution is -2.14. The summed E-state index contributed by atoms with van der Waals surface area (Å²) in [5, 5.41) is 4.43. The fourth-order valence-electron chi connectivity index (χ4n) is 10.1. The van der Waals surface area contributed by atoms with Gasteiger partial charge in [0.15, 0.2) is 17.5 Å². The van der Waals surface area contributed by atoms with E-state index in [9.17, 15) is 0 Å². The predicted octanol–water partition coefficient (Wildman–Crippen LogP) is 16.0. The molecule has 3 aromatic heterocycles. The van der Waals surface area contributed by atoms with E-state index in [1.54, 1.807) is 11.3 Å². The molecule has 0 saturated carbocycles. The van der Waals surface area contributed by atoms with Gasteiger partial charge in [-0.25, -0.2) is 15.0 Å². The molecule has 1 aliphatic rings. The lowest BCUT2D eigenvalue weighted by atomic mass is 9.82. The van der Waals surface area contributed by atoms with E-state index in [0.717, 1.165) is 70.1 Å². The summed E-state index contributed by atoms with van der Waals surface area (Å²) in [5.41, 5.74) is 13.7. The molecule has 0 spiro atoms. The Labute approximate surface area is 387 Å². The Morgan fingerprint density at radius 3 is 1.91 bits per heavy atom. The number of fused-ring (bicyclic) bond motifs is 10. The molecule has 0 amide bonds. The fraction of sp³-hybridized carbons (Fsp3) is 0.0500. The van der Waals surface area contributed by atoms with E-state index in [2.05, 4.69) is 158 Å². The Balaban J connectivity index is 1.14. The zero-order valence-corrected chi connectivity index (χ0v) is 36.3. The fourth-order valence-corrected chi connectivity index (χ4v) is 11.4. The van der Waals surface area contributed by atoms with Crippen LogP contribution in [0.1, 0.15) is 31.8 Å². The van der Waals surface area contributed by atoms with Crippen LogP contribution >= 0.6 is 11.3 Å². The number of para-hydroxylation sites is 1. The summed E-state index contributed by atoms with van der Waals surface area (Å²) in [6.45, 7) is 4.63. The Morgan fingerprint density at radius 2 is 1.08 bits per heavy atom. The Hall–Kier alpha value is -7.99. The summed E-state index contributed by atoms with van der Waals surface area (Å²) in [6, 6.07) is 59.4. The summed E-state index contributed by atoms with van der Waals surface area (Å²) >= 11 is 1.68. The number of thiophene rings is 1. The van der Waals surface area contributed by atoms with E-state index in [-0.39, 0.29) is 28.9 Å². The Bertz CT molecular complexity index is 4130. The van der Waals surface area contributed by atoms with Gasteiger partial charge in [0.25, 0.3) is 0 Å². The van der Waals surface area contributed by atoms with E-state index < -0.39 is 18.1 Å². The highest BCUT2D eigenvalue weighted by molar-refractivity contribution is 7.26. The van der Waals surface area contributed by atoms with Gasteiger partial charge < -0.3 is 4.57 Å². The van der Waals surface area contributed by atoms with Crippen LogP contribution in [0.15, 0.2) is 206 Å². The van der Waals surface area contributed by atoms with Crippen molar-refractivity contribution in [3.8, 4) is 73.2 Å². The molecule has 0 radical (unpaired) electrons. The minimum Gasteiger partial charge on any atom is -0.309 e. The summed E-state index contributed by atoms with van der Waals surface area (Å²) in [4.78, 5) is 15.2. The molecule has 0 unspecified atom stereocenters. The van der Waals surface area contributed by atoms with Crippen LogP contribution in [0, 0.1) is 0 Å². The second-order valence-corrected chi connectivity index (χ2v) is 18.2. The van der Waals surface area contributed by atoms with Gasteiger partial charge in [-0.1, -0.05) is 190 Å². The third-order valence-corrected chi connectivity index (χ3v) is 14.4. The maximum atomic E-state index is 9.03. The van der Waals surface area contributed by atoms with Crippen molar-refractivity contribution in [3.05, 3.63) is 217 Å². The molecule has 0 N–H and O–H groups in total. The Morgan fingerprint density at radius 1 is 0.446 bits per heavy atom. The van der Waals surface area contributed by atoms with Crippen molar-refractivity contribution in [1.29, 1.82) is 0 Å². The van der Waals surface area contributed by atoms with Crippen molar-refractivity contribution in [3.63, 3.8) is 0 Å². The van der Waals surface area contributed by atoms with Crippen molar-refractivity contribution < 1.29 is 6.85 Å². The summed E-state index contributed by atoms with van der Waals surface area (Å²) in [6.07, 6.45) is 0. The standard InChI is InChI=1S/C60H40N4S/c1-60(2)49-30-14-12-26-45(49)53-50(60)32-33-52-54(53)46-27-13-15-31-51(46)64(52)42-35-47-44-29-17-28-43(41-25-16-24-40(34-41)37-18-6-3-7-19-37)55(44)65-56(47)48(36-42)59-62-57(38-20-8-4-9-21-38)61-58(63-59)39-22-10-5-11-23-39/h3-36H,1-2H3/i4D,8D,9D,20D,21D. The van der Waals surface area contributed by atoms with Gasteiger partial charge in [0.1, 0.15) is 0 Å². The average molecular weight is 854 g/mol. The molecule has 306 valence electrons. The molecule has 12 aromatic rings. The molecular weight excluding hydrogens is 809 g/mol. The van der Waals surface area contributed by atoms with Crippen LogP contribution in [-0.2, 0) is 5.41 Å². The first kappa shape index (κ1) is 32.7. The quantitative estimate of drug-likeness (QED) is 0.167. The first-order valence-corrected chi connectivity index (χ1v) is 22.6. The second-order valence-electron chi connectivity index (χ2n) is 17.2. The van der Waals surface area contributed by atoms with Crippen LogP contribution < -0.4 is 0 Å². The van der Waals surface area contributed by atoms with Crippen molar-refractivity contribution in [1.82, 2.24) is 19.5 Å². The lowest BCUT2D eigenvalue weighted by Gasteiger charge is -2.21. The van der Waals surface area contributed by atoms with Crippen LogP contribution in [-0.4, -0.2) is 19.5 Å². The predicted molar refractivity (Wildman–Crippen MR) is 272 cm³/mol. The maximum Gasteiger partial charge on any atom is 0.165 e. The first-order valence-electron chi connectivity index (χ1n) is 24.3. The smallest absolute Gasteiger partial charge is 0.165 e. The molecule has 9 aromatic carbocycles. The molecule has 65 heavy (non-hydrogen) atoms. The van der Waals surface area contributed by atoms with Crippen molar-refractivity contribution in [2.45, 2.75) is 19.3 Å². The normalized spacial score (nSPS) is 14.0. The van der Waals surface area contributed by atoms with Gasteiger partial charge in [-0.2, -0.15) is 0 Å². The van der Waals surface area contributed by atoms with Crippen molar-refractivity contribution >= 4 is 53.3 Å². The van der Waals surface area contributed by atoms with Gasteiger partial charge in [0.2, 0.25) is 0 Å². The Kier molecular flexibility index (Phi) is 7.30. The third-order valence-electron chi connectivity index (χ3n) is 13.1. The first-order chi connectivity index (χ1) is 34.1. The highest BCUT2D eigenvalue weighted by Gasteiger charge is 2.37. The molecule has 3 heterocycles. The monoisotopic (exact) mass is 853 g/mol. The van der Waals surface area contributed by atoms with Crippen LogP contribution in [0.2, 0.25) is 0 Å². The molecule has 5 heteroatoms. The maximum absolute atomic E-state index is 9.03. The van der Waals surface area contributed by atoms with Gasteiger partial charge in [0, 0.05) is 58.7 Å². The summed E-state index contributed by atoms with van der Waals surface area (Å²) in [7, 11) is 0. The topological polar surface area (TPSA) is 43.6 Å². The van der Waals surface area contributed by atoms with E-state index in [0.29, 0.717) is 17.2 Å². The molecule has 0 saturated heterocycles. The van der Waals surface area contributed by atoms with Gasteiger partial charge in [-0.05, 0) is 74.8 Å². The molecular formula is C60H40N4S. The van der Waals surface area contributed by atoms with Gasteiger partial charge in [-0.15, -0.1) is 11.3 Å². The van der Waals surface area contributed by atoms with Crippen molar-refractivity contribution in [2.24, 2.45) is 0 Å². The van der Waals surface area contributed by atoms with Gasteiger partial charge >= 0.3 is 0 Å². The number of benzene rings is 9. The number of rotatable bonds is 6. The SMILES string of the molecule is [2H]c1c([2H])c([2H])c(-c2nc(-c3ccccc3)nc(-c3cc(-n4c5ccccc5c5c6c(ccc54)C(C)(C)c4ccccc4-6)cc4c3sc3c(-c5cccc(-c6ccccc6)c5)cccc34)n2)c([2H])c1[2H]. The van der Waals surface area contributed by atoms with Crippen LogP contribution in [0.25, 0.3) is 115 Å². The molecule has 0 bridgehead atoms. The van der Waals surface area contributed by atoms with Crippen molar-refractivity contribution in [2.75, 3.05) is 0 Å². The van der Waals surface area contributed by atoms with Crippen LogP contribution in [0.3, 0.4) is 0 Å². The van der Waals surface area contributed by atoms with Gasteiger partial charge in [-0.3, -0.25) is 0 Å². The number of aromatic nitrogens is 4. The highest BCUT2D eigenvalue weighted by atomic mass is 32.1. The molecule has 0 fully saturated rings. The molecule has 1 aliphatic carbocycles. The van der Waals surface area contributed by atoms with E-state index in [1.165, 1.54) is 27.6 Å².